The maximum absolute atomic E-state index is 10.9. The van der Waals surface area contributed by atoms with Gasteiger partial charge in [-0.2, -0.15) is 5.26 Å². The van der Waals surface area contributed by atoms with Crippen LogP contribution in [0.3, 0.4) is 0 Å². The zero-order valence-electron chi connectivity index (χ0n) is 12.6. The van der Waals surface area contributed by atoms with Crippen LogP contribution in [-0.2, 0) is 5.60 Å². The average Bonchev–Trinajstić information content (AvgIpc) is 3.15. The Hall–Kier alpha value is -2.46. The molecule has 7 nitrogen and oxygen atoms in total. The summed E-state index contributed by atoms with van der Waals surface area (Å²) in [6.45, 7) is 5.08. The van der Waals surface area contributed by atoms with Crippen molar-refractivity contribution in [3.8, 4) is 6.07 Å². The second kappa shape index (κ2) is 5.39. The summed E-state index contributed by atoms with van der Waals surface area (Å²) in [6, 6.07) is 5.71. The molecule has 1 aliphatic heterocycles. The van der Waals surface area contributed by atoms with E-state index in [9.17, 15) is 5.11 Å². The minimum Gasteiger partial charge on any atom is -0.381 e. The van der Waals surface area contributed by atoms with Crippen LogP contribution in [0.2, 0.25) is 0 Å². The summed E-state index contributed by atoms with van der Waals surface area (Å²) in [6.07, 6.45) is 3.97. The lowest BCUT2D eigenvalue weighted by Gasteiger charge is -2.21. The highest BCUT2D eigenvalue weighted by molar-refractivity contribution is 5.46. The highest BCUT2D eigenvalue weighted by Crippen LogP contribution is 2.33. The van der Waals surface area contributed by atoms with Crippen LogP contribution < -0.4 is 4.90 Å². The smallest absolute Gasteiger partial charge is 0.129 e. The summed E-state index contributed by atoms with van der Waals surface area (Å²) in [7, 11) is 0. The van der Waals surface area contributed by atoms with Gasteiger partial charge < -0.3 is 10.0 Å². The molecule has 0 radical (unpaired) electrons. The molecule has 1 aliphatic rings. The molecule has 1 saturated heterocycles. The summed E-state index contributed by atoms with van der Waals surface area (Å²) in [5, 5.41) is 28.0. The molecule has 0 saturated carbocycles. The third-order valence-corrected chi connectivity index (χ3v) is 3.96. The standard InChI is InChI=1S/C15H18N6O/c1-11(2)21-9-13(18-19-21)15(22)4-6-20(10-15)14-7-12(8-16)3-5-17-14/h3,5,7,9,11,22H,4,6,10H2,1-2H3/t15-/m1/s1. The van der Waals surface area contributed by atoms with Crippen molar-refractivity contribution < 1.29 is 5.11 Å². The van der Waals surface area contributed by atoms with Crippen LogP contribution in [0.4, 0.5) is 5.82 Å². The summed E-state index contributed by atoms with van der Waals surface area (Å²) < 4.78 is 1.74. The third kappa shape index (κ3) is 2.53. The summed E-state index contributed by atoms with van der Waals surface area (Å²) in [5.41, 5.74) is 0.114. The van der Waals surface area contributed by atoms with Crippen molar-refractivity contribution in [2.45, 2.75) is 31.9 Å². The first-order chi connectivity index (χ1) is 10.5. The van der Waals surface area contributed by atoms with Crippen LogP contribution in [0.15, 0.2) is 24.5 Å². The second-order valence-corrected chi connectivity index (χ2v) is 5.90. The Morgan fingerprint density at radius 3 is 2.95 bits per heavy atom. The number of pyridine rings is 1. The van der Waals surface area contributed by atoms with Crippen molar-refractivity contribution in [2.24, 2.45) is 0 Å². The quantitative estimate of drug-likeness (QED) is 0.916. The summed E-state index contributed by atoms with van der Waals surface area (Å²) in [4.78, 5) is 6.25. The van der Waals surface area contributed by atoms with Gasteiger partial charge in [0.05, 0.1) is 24.4 Å². The van der Waals surface area contributed by atoms with Crippen molar-refractivity contribution in [2.75, 3.05) is 18.0 Å². The van der Waals surface area contributed by atoms with Crippen molar-refractivity contribution >= 4 is 5.82 Å². The second-order valence-electron chi connectivity index (χ2n) is 5.90. The number of aliphatic hydroxyl groups is 1. The molecule has 1 atom stereocenters. The first-order valence-electron chi connectivity index (χ1n) is 7.27. The van der Waals surface area contributed by atoms with Crippen molar-refractivity contribution in [3.63, 3.8) is 0 Å². The predicted octanol–water partition coefficient (Wildman–Crippen LogP) is 1.22. The Morgan fingerprint density at radius 1 is 1.45 bits per heavy atom. The molecule has 2 aromatic rings. The number of anilines is 1. The van der Waals surface area contributed by atoms with E-state index in [0.29, 0.717) is 36.6 Å². The largest absolute Gasteiger partial charge is 0.381 e. The van der Waals surface area contributed by atoms with Gasteiger partial charge in [-0.3, -0.25) is 0 Å². The molecule has 2 aromatic heterocycles. The van der Waals surface area contributed by atoms with E-state index in [2.05, 4.69) is 21.4 Å². The minimum atomic E-state index is -1.03. The molecule has 0 unspecified atom stereocenters. The summed E-state index contributed by atoms with van der Waals surface area (Å²) >= 11 is 0. The Balaban J connectivity index is 1.82. The third-order valence-electron chi connectivity index (χ3n) is 3.96. The van der Waals surface area contributed by atoms with Crippen molar-refractivity contribution in [1.82, 2.24) is 20.0 Å². The SMILES string of the molecule is CC(C)n1cc([C@@]2(O)CCN(c3cc(C#N)ccn3)C2)nn1. The zero-order chi connectivity index (χ0) is 15.7. The van der Waals surface area contributed by atoms with Crippen LogP contribution in [0.1, 0.15) is 37.6 Å². The molecule has 0 aliphatic carbocycles. The highest BCUT2D eigenvalue weighted by atomic mass is 16.3. The molecule has 0 spiro atoms. The molecule has 114 valence electrons. The maximum atomic E-state index is 10.9. The van der Waals surface area contributed by atoms with E-state index in [4.69, 9.17) is 5.26 Å². The van der Waals surface area contributed by atoms with Gasteiger partial charge in [-0.25, -0.2) is 9.67 Å². The highest BCUT2D eigenvalue weighted by Gasteiger charge is 2.40. The molecule has 0 amide bonds. The Morgan fingerprint density at radius 2 is 2.27 bits per heavy atom. The first kappa shape index (κ1) is 14.5. The van der Waals surface area contributed by atoms with Gasteiger partial charge in [0.2, 0.25) is 0 Å². The van der Waals surface area contributed by atoms with Gasteiger partial charge in [-0.1, -0.05) is 5.21 Å². The molecule has 0 aromatic carbocycles. The fourth-order valence-corrected chi connectivity index (χ4v) is 2.60. The predicted molar refractivity (Wildman–Crippen MR) is 80.1 cm³/mol. The molecular formula is C15H18N6O. The number of aromatic nitrogens is 4. The van der Waals surface area contributed by atoms with Crippen LogP contribution in [0, 0.1) is 11.3 Å². The van der Waals surface area contributed by atoms with Gasteiger partial charge in [0.1, 0.15) is 17.1 Å². The number of nitrogens with zero attached hydrogens (tertiary/aromatic N) is 6. The lowest BCUT2D eigenvalue weighted by atomic mass is 10.00. The molecule has 1 N–H and O–H groups in total. The van der Waals surface area contributed by atoms with E-state index in [1.54, 1.807) is 29.2 Å². The zero-order valence-corrected chi connectivity index (χ0v) is 12.6. The molecule has 3 heterocycles. The summed E-state index contributed by atoms with van der Waals surface area (Å²) in [5.74, 6) is 0.700. The average molecular weight is 298 g/mol. The molecule has 0 bridgehead atoms. The van der Waals surface area contributed by atoms with E-state index in [-0.39, 0.29) is 6.04 Å². The fraction of sp³-hybridized carbons (Fsp3) is 0.467. The van der Waals surface area contributed by atoms with E-state index in [1.807, 2.05) is 18.7 Å². The number of β-amino-alcohol motifs (C(OH)–C–C–N with tert-alkyl or cyclic N) is 1. The molecule has 22 heavy (non-hydrogen) atoms. The first-order valence-corrected chi connectivity index (χ1v) is 7.27. The lowest BCUT2D eigenvalue weighted by molar-refractivity contribution is 0.0559. The lowest BCUT2D eigenvalue weighted by Crippen LogP contribution is -2.31. The Kier molecular flexibility index (Phi) is 3.54. The topological polar surface area (TPSA) is 90.9 Å². The Bertz CT molecular complexity index is 719. The van der Waals surface area contributed by atoms with E-state index in [1.165, 1.54) is 0 Å². The van der Waals surface area contributed by atoms with Crippen LogP contribution in [0.5, 0.6) is 0 Å². The minimum absolute atomic E-state index is 0.205. The maximum Gasteiger partial charge on any atom is 0.129 e. The molecular weight excluding hydrogens is 280 g/mol. The van der Waals surface area contributed by atoms with Crippen molar-refractivity contribution in [1.29, 1.82) is 5.26 Å². The van der Waals surface area contributed by atoms with Gasteiger partial charge in [-0.15, -0.1) is 5.10 Å². The fourth-order valence-electron chi connectivity index (χ4n) is 2.60. The van der Waals surface area contributed by atoms with Crippen LogP contribution in [0.25, 0.3) is 0 Å². The monoisotopic (exact) mass is 298 g/mol. The van der Waals surface area contributed by atoms with Gasteiger partial charge >= 0.3 is 0 Å². The van der Waals surface area contributed by atoms with Gasteiger partial charge in [0, 0.05) is 25.2 Å². The normalized spacial score (nSPS) is 21.3. The van der Waals surface area contributed by atoms with Crippen LogP contribution in [-0.4, -0.2) is 38.2 Å². The van der Waals surface area contributed by atoms with Crippen molar-refractivity contribution in [3.05, 3.63) is 35.8 Å². The van der Waals surface area contributed by atoms with Crippen LogP contribution >= 0.6 is 0 Å². The molecule has 1 fully saturated rings. The van der Waals surface area contributed by atoms with E-state index >= 15 is 0 Å². The van der Waals surface area contributed by atoms with Gasteiger partial charge in [-0.05, 0) is 26.0 Å². The molecule has 7 heteroatoms. The number of rotatable bonds is 3. The number of hydrogen-bond donors (Lipinski definition) is 1. The van der Waals surface area contributed by atoms with Gasteiger partial charge in [0.15, 0.2) is 0 Å². The van der Waals surface area contributed by atoms with E-state index < -0.39 is 5.60 Å². The van der Waals surface area contributed by atoms with Gasteiger partial charge in [0.25, 0.3) is 0 Å². The number of hydrogen-bond acceptors (Lipinski definition) is 6. The van der Waals surface area contributed by atoms with E-state index in [0.717, 1.165) is 0 Å². The molecule has 3 rings (SSSR count). The number of nitriles is 1. The Labute approximate surface area is 128 Å².